The zero-order valence-electron chi connectivity index (χ0n) is 17.7. The molecular formula is C24H26N2O4S. The van der Waals surface area contributed by atoms with Crippen molar-refractivity contribution in [1.82, 2.24) is 9.21 Å². The van der Waals surface area contributed by atoms with E-state index in [0.29, 0.717) is 25.2 Å². The number of carbonyl (C=O) groups is 1. The summed E-state index contributed by atoms with van der Waals surface area (Å²) < 4.78 is 32.9. The van der Waals surface area contributed by atoms with Crippen molar-refractivity contribution in [2.24, 2.45) is 0 Å². The Kier molecular flexibility index (Phi) is 5.98. The van der Waals surface area contributed by atoms with Crippen LogP contribution in [-0.2, 0) is 16.6 Å². The normalized spacial score (nSPS) is 14.6. The van der Waals surface area contributed by atoms with Gasteiger partial charge in [0.1, 0.15) is 10.6 Å². The molecule has 4 rings (SSSR count). The highest BCUT2D eigenvalue weighted by Crippen LogP contribution is 2.30. The maximum Gasteiger partial charge on any atom is 0.253 e. The quantitative estimate of drug-likeness (QED) is 0.585. The van der Waals surface area contributed by atoms with E-state index in [9.17, 15) is 13.2 Å². The Morgan fingerprint density at radius 2 is 1.71 bits per heavy atom. The number of amides is 1. The van der Waals surface area contributed by atoms with E-state index >= 15 is 0 Å². The van der Waals surface area contributed by atoms with Gasteiger partial charge >= 0.3 is 0 Å². The fourth-order valence-electron chi connectivity index (χ4n) is 3.98. The minimum atomic E-state index is -3.71. The van der Waals surface area contributed by atoms with Gasteiger partial charge in [0.15, 0.2) is 0 Å². The molecule has 1 heterocycles. The lowest BCUT2D eigenvalue weighted by Crippen LogP contribution is -2.29. The first kappa shape index (κ1) is 21.3. The molecule has 0 N–H and O–H groups in total. The van der Waals surface area contributed by atoms with Crippen molar-refractivity contribution in [2.45, 2.75) is 24.3 Å². The smallest absolute Gasteiger partial charge is 0.253 e. The maximum atomic E-state index is 13.1. The Labute approximate surface area is 183 Å². The third-order valence-electron chi connectivity index (χ3n) is 5.67. The number of sulfonamides is 1. The number of hydrogen-bond donors (Lipinski definition) is 0. The molecule has 0 spiro atoms. The van der Waals surface area contributed by atoms with Gasteiger partial charge < -0.3 is 9.64 Å². The molecule has 7 heteroatoms. The summed E-state index contributed by atoms with van der Waals surface area (Å²) in [6, 6.07) is 18.8. The van der Waals surface area contributed by atoms with Crippen LogP contribution in [0.25, 0.3) is 10.8 Å². The predicted molar refractivity (Wildman–Crippen MR) is 121 cm³/mol. The molecule has 0 bridgehead atoms. The number of methoxy groups -OCH3 is 1. The van der Waals surface area contributed by atoms with Crippen LogP contribution >= 0.6 is 0 Å². The van der Waals surface area contributed by atoms with Gasteiger partial charge in [0.25, 0.3) is 5.91 Å². The lowest BCUT2D eigenvalue weighted by atomic mass is 10.1. The van der Waals surface area contributed by atoms with Gasteiger partial charge in [-0.1, -0.05) is 36.4 Å². The predicted octanol–water partition coefficient (Wildman–Crippen LogP) is 3.91. The van der Waals surface area contributed by atoms with Crippen LogP contribution in [0.1, 0.15) is 28.8 Å². The van der Waals surface area contributed by atoms with Gasteiger partial charge in [-0.05, 0) is 53.4 Å². The lowest BCUT2D eigenvalue weighted by Gasteiger charge is -2.20. The van der Waals surface area contributed by atoms with Crippen LogP contribution in [0.15, 0.2) is 65.6 Å². The number of fused-ring (bicyclic) bond motifs is 1. The highest BCUT2D eigenvalue weighted by Gasteiger charge is 2.31. The molecule has 0 unspecified atom stereocenters. The van der Waals surface area contributed by atoms with Gasteiger partial charge in [-0.15, -0.1) is 0 Å². The fourth-order valence-corrected chi connectivity index (χ4v) is 5.68. The van der Waals surface area contributed by atoms with Crippen LogP contribution in [-0.4, -0.2) is 50.8 Å². The molecule has 0 aromatic heterocycles. The number of ether oxygens (including phenoxy) is 1. The van der Waals surface area contributed by atoms with Crippen molar-refractivity contribution in [3.63, 3.8) is 0 Å². The summed E-state index contributed by atoms with van der Waals surface area (Å²) in [7, 11) is -0.554. The van der Waals surface area contributed by atoms with Crippen LogP contribution < -0.4 is 4.74 Å². The first-order valence-electron chi connectivity index (χ1n) is 10.3. The van der Waals surface area contributed by atoms with E-state index in [0.717, 1.165) is 29.2 Å². The molecule has 1 aliphatic rings. The molecule has 1 amide bonds. The van der Waals surface area contributed by atoms with Crippen LogP contribution in [0, 0.1) is 0 Å². The first-order chi connectivity index (χ1) is 14.9. The third-order valence-corrected chi connectivity index (χ3v) is 7.59. The molecule has 1 saturated heterocycles. The van der Waals surface area contributed by atoms with Crippen molar-refractivity contribution in [2.75, 3.05) is 27.2 Å². The Morgan fingerprint density at radius 1 is 1.00 bits per heavy atom. The third kappa shape index (κ3) is 4.29. The SMILES string of the molecule is COc1ccc(C(=O)N(C)Cc2ccc3ccccc3c2)cc1S(=O)(=O)N1CCCC1. The highest BCUT2D eigenvalue weighted by atomic mass is 32.2. The van der Waals surface area contributed by atoms with E-state index in [1.165, 1.54) is 17.5 Å². The van der Waals surface area contributed by atoms with Gasteiger partial charge in [-0.3, -0.25) is 4.79 Å². The van der Waals surface area contributed by atoms with Crippen LogP contribution in [0.2, 0.25) is 0 Å². The Hall–Kier alpha value is -2.90. The van der Waals surface area contributed by atoms with Crippen molar-refractivity contribution in [1.29, 1.82) is 0 Å². The molecule has 162 valence electrons. The van der Waals surface area contributed by atoms with Crippen molar-refractivity contribution < 1.29 is 17.9 Å². The summed E-state index contributed by atoms with van der Waals surface area (Å²) >= 11 is 0. The zero-order chi connectivity index (χ0) is 22.0. The van der Waals surface area contributed by atoms with Crippen molar-refractivity contribution in [3.05, 3.63) is 71.8 Å². The molecule has 6 nitrogen and oxygen atoms in total. The van der Waals surface area contributed by atoms with Crippen molar-refractivity contribution in [3.8, 4) is 5.75 Å². The van der Waals surface area contributed by atoms with Crippen LogP contribution in [0.4, 0.5) is 0 Å². The lowest BCUT2D eigenvalue weighted by molar-refractivity contribution is 0.0785. The summed E-state index contributed by atoms with van der Waals surface area (Å²) in [5, 5.41) is 2.26. The molecule has 3 aromatic carbocycles. The number of nitrogens with zero attached hydrogens (tertiary/aromatic N) is 2. The molecule has 0 radical (unpaired) electrons. The summed E-state index contributed by atoms with van der Waals surface area (Å²) in [4.78, 5) is 14.7. The van der Waals surface area contributed by atoms with Crippen molar-refractivity contribution >= 4 is 26.7 Å². The van der Waals surface area contributed by atoms with E-state index < -0.39 is 10.0 Å². The summed E-state index contributed by atoms with van der Waals surface area (Å²) in [5.41, 5.74) is 1.33. The molecule has 1 aliphatic heterocycles. The minimum Gasteiger partial charge on any atom is -0.495 e. The van der Waals surface area contributed by atoms with Gasteiger partial charge in [-0.25, -0.2) is 8.42 Å². The topological polar surface area (TPSA) is 66.9 Å². The second-order valence-corrected chi connectivity index (χ2v) is 9.73. The molecule has 1 fully saturated rings. The summed E-state index contributed by atoms with van der Waals surface area (Å²) in [6.45, 7) is 1.40. The van der Waals surface area contributed by atoms with E-state index in [2.05, 4.69) is 6.07 Å². The molecule has 0 aliphatic carbocycles. The van der Waals surface area contributed by atoms with E-state index in [4.69, 9.17) is 4.74 Å². The van der Waals surface area contributed by atoms with Gasteiger partial charge in [-0.2, -0.15) is 4.31 Å². The average Bonchev–Trinajstić information content (AvgIpc) is 3.34. The van der Waals surface area contributed by atoms with Crippen LogP contribution in [0.3, 0.4) is 0 Å². The number of carbonyl (C=O) groups excluding carboxylic acids is 1. The monoisotopic (exact) mass is 438 g/mol. The summed E-state index contributed by atoms with van der Waals surface area (Å²) in [5.74, 6) is 0.00863. The zero-order valence-corrected chi connectivity index (χ0v) is 18.6. The molecular weight excluding hydrogens is 412 g/mol. The van der Waals surface area contributed by atoms with Gasteiger partial charge in [0, 0.05) is 32.2 Å². The second kappa shape index (κ2) is 8.69. The number of rotatable bonds is 6. The van der Waals surface area contributed by atoms with Gasteiger partial charge in [0.2, 0.25) is 10.0 Å². The maximum absolute atomic E-state index is 13.1. The Morgan fingerprint density at radius 3 is 2.42 bits per heavy atom. The standard InChI is InChI=1S/C24H26N2O4S/c1-25(17-18-9-10-19-7-3-4-8-20(19)15-18)24(27)21-11-12-22(30-2)23(16-21)31(28,29)26-13-5-6-14-26/h3-4,7-12,15-16H,5-6,13-14,17H2,1-2H3. The minimum absolute atomic E-state index is 0.0434. The largest absolute Gasteiger partial charge is 0.495 e. The highest BCUT2D eigenvalue weighted by molar-refractivity contribution is 7.89. The summed E-state index contributed by atoms with van der Waals surface area (Å²) in [6.07, 6.45) is 1.68. The molecule has 0 saturated carbocycles. The fraction of sp³-hybridized carbons (Fsp3) is 0.292. The van der Waals surface area contributed by atoms with E-state index in [1.54, 1.807) is 24.1 Å². The molecule has 31 heavy (non-hydrogen) atoms. The average molecular weight is 439 g/mol. The first-order valence-corrected chi connectivity index (χ1v) is 11.8. The molecule has 0 atom stereocenters. The number of benzene rings is 3. The Bertz CT molecular complexity index is 1220. The molecule has 3 aromatic rings. The Balaban J connectivity index is 1.60. The number of hydrogen-bond acceptors (Lipinski definition) is 4. The van der Waals surface area contributed by atoms with Crippen LogP contribution in [0.5, 0.6) is 5.75 Å². The van der Waals surface area contributed by atoms with E-state index in [1.807, 2.05) is 36.4 Å². The second-order valence-electron chi connectivity index (χ2n) is 7.82. The van der Waals surface area contributed by atoms with Gasteiger partial charge in [0.05, 0.1) is 7.11 Å². The van der Waals surface area contributed by atoms with E-state index in [-0.39, 0.29) is 16.6 Å².